The molecule has 0 spiro atoms. The van der Waals surface area contributed by atoms with Crippen molar-refractivity contribution in [2.75, 3.05) is 0 Å². The van der Waals surface area contributed by atoms with E-state index >= 15 is 0 Å². The van der Waals surface area contributed by atoms with Gasteiger partial charge in [0.2, 0.25) is 0 Å². The van der Waals surface area contributed by atoms with Crippen LogP contribution in [0.25, 0.3) is 22.3 Å². The fourth-order valence-electron chi connectivity index (χ4n) is 3.06. The van der Waals surface area contributed by atoms with Gasteiger partial charge in [0.05, 0.1) is 0 Å². The number of aliphatic carboxylic acids is 2. The van der Waals surface area contributed by atoms with Gasteiger partial charge in [0.1, 0.15) is 4.86 Å². The molecular weight excluding hydrogens is 502 g/mol. The van der Waals surface area contributed by atoms with Crippen molar-refractivity contribution in [3.05, 3.63) is 93.3 Å². The number of hydrogen-bond donors (Lipinski definition) is 3. The van der Waals surface area contributed by atoms with E-state index in [1.807, 2.05) is 83.6 Å². The Balaban J connectivity index is 0.000000196. The van der Waals surface area contributed by atoms with Gasteiger partial charge in [-0.05, 0) is 45.1 Å². The molecule has 6 nitrogen and oxygen atoms in total. The Hall–Kier alpha value is -3.66. The molecule has 2 aromatic carbocycles. The van der Waals surface area contributed by atoms with E-state index in [0.717, 1.165) is 32.0 Å². The van der Waals surface area contributed by atoms with Crippen LogP contribution < -0.4 is 0 Å². The zero-order valence-corrected chi connectivity index (χ0v) is 20.8. The van der Waals surface area contributed by atoms with E-state index in [0.29, 0.717) is 6.42 Å². The number of nitrogens with zero attached hydrogens (tertiary/aromatic N) is 1. The van der Waals surface area contributed by atoms with Crippen LogP contribution >= 0.6 is 34.9 Å². The summed E-state index contributed by atoms with van der Waals surface area (Å²) in [6.07, 6.45) is 0.464. The van der Waals surface area contributed by atoms with Crippen molar-refractivity contribution in [3.8, 4) is 22.3 Å². The minimum atomic E-state index is -1.20. The van der Waals surface area contributed by atoms with Crippen molar-refractivity contribution in [2.24, 2.45) is 5.16 Å². The molecule has 0 unspecified atom stereocenters. The van der Waals surface area contributed by atoms with Gasteiger partial charge in [0.25, 0.3) is 0 Å². The molecule has 0 bridgehead atoms. The highest BCUT2D eigenvalue weighted by Gasteiger charge is 2.13. The van der Waals surface area contributed by atoms with Gasteiger partial charge in [0.15, 0.2) is 5.71 Å². The lowest BCUT2D eigenvalue weighted by atomic mass is 10.1. The summed E-state index contributed by atoms with van der Waals surface area (Å²) >= 11 is 7.78. The first-order valence-corrected chi connectivity index (χ1v) is 12.5. The van der Waals surface area contributed by atoms with Crippen LogP contribution in [0.4, 0.5) is 0 Å². The second kappa shape index (κ2) is 12.7. The zero-order chi connectivity index (χ0) is 25.2. The van der Waals surface area contributed by atoms with Gasteiger partial charge < -0.3 is 15.4 Å². The molecule has 9 heteroatoms. The number of carbonyl (C=O) groups is 2. The number of thiocarbonyl (C=S) groups is 1. The van der Waals surface area contributed by atoms with Crippen LogP contribution in [0.5, 0.6) is 0 Å². The highest BCUT2D eigenvalue weighted by Crippen LogP contribution is 2.27. The Morgan fingerprint density at radius 1 is 0.714 bits per heavy atom. The van der Waals surface area contributed by atoms with Crippen molar-refractivity contribution in [1.82, 2.24) is 0 Å². The first kappa shape index (κ1) is 26.0. The van der Waals surface area contributed by atoms with Gasteiger partial charge in [-0.25, -0.2) is 9.59 Å². The van der Waals surface area contributed by atoms with Crippen LogP contribution in [0.15, 0.2) is 88.7 Å². The molecule has 0 amide bonds. The van der Waals surface area contributed by atoms with E-state index in [-0.39, 0.29) is 17.0 Å². The SMILES string of the molecule is O=C(O)/C(Cc1cc(-c2ccccc2)cs1)=N\O.O=C(O)C(=S)Cc1cc(-c2ccccc2)cs1. The van der Waals surface area contributed by atoms with Gasteiger partial charge in [-0.2, -0.15) is 0 Å². The zero-order valence-electron chi connectivity index (χ0n) is 18.3. The highest BCUT2D eigenvalue weighted by atomic mass is 32.1. The van der Waals surface area contributed by atoms with Gasteiger partial charge in [-0.1, -0.05) is 78.0 Å². The molecular formula is C26H21NO5S3. The Morgan fingerprint density at radius 2 is 1.17 bits per heavy atom. The standard InChI is InChI=1S/C13H11NO3S.C13H10O2S2/c15-13(16)12(14-17)7-11-6-10(8-18-11)9-4-2-1-3-5-9;14-13(15)12(16)7-11-6-10(8-17-11)9-4-2-1-3-5-9/h1-6,8,17H,7H2,(H,15,16);1-6,8H,7H2,(H,14,15)/b14-12-;. The average molecular weight is 524 g/mol. The molecule has 0 aliphatic rings. The Kier molecular flexibility index (Phi) is 9.42. The monoisotopic (exact) mass is 523 g/mol. The average Bonchev–Trinajstić information content (AvgIpc) is 3.54. The number of rotatable bonds is 8. The number of carboxylic acid groups (broad SMARTS) is 2. The van der Waals surface area contributed by atoms with Crippen LogP contribution in [-0.2, 0) is 22.4 Å². The Morgan fingerprint density at radius 3 is 1.57 bits per heavy atom. The Labute approximate surface area is 215 Å². The van der Waals surface area contributed by atoms with Crippen LogP contribution in [0.2, 0.25) is 0 Å². The fraction of sp³-hybridized carbons (Fsp3) is 0.0769. The summed E-state index contributed by atoms with van der Waals surface area (Å²) in [5, 5.41) is 32.9. The summed E-state index contributed by atoms with van der Waals surface area (Å²) in [4.78, 5) is 23.3. The third kappa shape index (κ3) is 7.68. The van der Waals surface area contributed by atoms with E-state index in [2.05, 4.69) is 5.16 Å². The normalized spacial score (nSPS) is 10.8. The molecule has 35 heavy (non-hydrogen) atoms. The first-order valence-electron chi connectivity index (χ1n) is 10.3. The van der Waals surface area contributed by atoms with Crippen molar-refractivity contribution < 1.29 is 25.0 Å². The molecule has 0 saturated heterocycles. The smallest absolute Gasteiger partial charge is 0.354 e. The van der Waals surface area contributed by atoms with Crippen LogP contribution in [0.3, 0.4) is 0 Å². The molecule has 0 saturated carbocycles. The third-order valence-electron chi connectivity index (χ3n) is 4.80. The molecule has 3 N–H and O–H groups in total. The van der Waals surface area contributed by atoms with Crippen molar-refractivity contribution >= 4 is 57.4 Å². The minimum Gasteiger partial charge on any atom is -0.477 e. The number of hydrogen-bond acceptors (Lipinski definition) is 7. The Bertz CT molecular complexity index is 1330. The maximum atomic E-state index is 10.7. The number of thiophene rings is 2. The van der Waals surface area contributed by atoms with Gasteiger partial charge in [0, 0.05) is 22.6 Å². The van der Waals surface area contributed by atoms with E-state index < -0.39 is 11.9 Å². The number of carboxylic acids is 2. The van der Waals surface area contributed by atoms with E-state index in [4.69, 9.17) is 27.6 Å². The lowest BCUT2D eigenvalue weighted by Crippen LogP contribution is -2.15. The predicted octanol–water partition coefficient (Wildman–Crippen LogP) is 6.28. The molecule has 2 aromatic heterocycles. The lowest BCUT2D eigenvalue weighted by molar-refractivity contribution is -0.130. The summed E-state index contributed by atoms with van der Waals surface area (Å²) in [5.74, 6) is -2.21. The van der Waals surface area contributed by atoms with Crippen molar-refractivity contribution in [3.63, 3.8) is 0 Å². The van der Waals surface area contributed by atoms with Crippen molar-refractivity contribution in [1.29, 1.82) is 0 Å². The quantitative estimate of drug-likeness (QED) is 0.109. The second-order valence-corrected chi connectivity index (χ2v) is 9.75. The van der Waals surface area contributed by atoms with Crippen LogP contribution in [0.1, 0.15) is 9.75 Å². The molecule has 2 heterocycles. The predicted molar refractivity (Wildman–Crippen MR) is 144 cm³/mol. The second-order valence-electron chi connectivity index (χ2n) is 7.27. The summed E-state index contributed by atoms with van der Waals surface area (Å²) in [6.45, 7) is 0. The molecule has 4 aromatic rings. The largest absolute Gasteiger partial charge is 0.477 e. The molecule has 178 valence electrons. The summed E-state index contributed by atoms with van der Waals surface area (Å²) in [6, 6.07) is 23.7. The van der Waals surface area contributed by atoms with Crippen LogP contribution in [0, 0.1) is 0 Å². The lowest BCUT2D eigenvalue weighted by Gasteiger charge is -1.96. The van der Waals surface area contributed by atoms with Gasteiger partial charge in [-0.15, -0.1) is 22.7 Å². The maximum Gasteiger partial charge on any atom is 0.354 e. The van der Waals surface area contributed by atoms with Gasteiger partial charge in [-0.3, -0.25) is 0 Å². The molecule has 0 aliphatic heterocycles. The van der Waals surface area contributed by atoms with E-state index in [9.17, 15) is 9.59 Å². The molecule has 0 atom stereocenters. The third-order valence-corrected chi connectivity index (χ3v) is 7.00. The summed E-state index contributed by atoms with van der Waals surface area (Å²) in [7, 11) is 0. The summed E-state index contributed by atoms with van der Waals surface area (Å²) < 4.78 is 0. The number of oxime groups is 1. The molecule has 0 aliphatic carbocycles. The maximum absolute atomic E-state index is 10.7. The highest BCUT2D eigenvalue weighted by molar-refractivity contribution is 7.82. The van der Waals surface area contributed by atoms with Crippen molar-refractivity contribution in [2.45, 2.75) is 12.8 Å². The minimum absolute atomic E-state index is 0.0615. The molecule has 4 rings (SSSR count). The van der Waals surface area contributed by atoms with E-state index in [1.165, 1.54) is 22.7 Å². The number of benzene rings is 2. The van der Waals surface area contributed by atoms with E-state index in [1.54, 1.807) is 0 Å². The van der Waals surface area contributed by atoms with Crippen LogP contribution in [-0.4, -0.2) is 37.9 Å². The topological polar surface area (TPSA) is 107 Å². The fourth-order valence-corrected chi connectivity index (χ4v) is 5.11. The summed E-state index contributed by atoms with van der Waals surface area (Å²) in [5.41, 5.74) is 4.11. The first-order chi connectivity index (χ1) is 16.9. The molecule has 0 radical (unpaired) electrons. The van der Waals surface area contributed by atoms with Gasteiger partial charge >= 0.3 is 11.9 Å². The molecule has 0 fully saturated rings.